The maximum atomic E-state index is 11.2. The third kappa shape index (κ3) is 2.64. The molecule has 0 amide bonds. The minimum absolute atomic E-state index is 0.294. The molecule has 4 nitrogen and oxygen atoms in total. The molecule has 0 aromatic carbocycles. The van der Waals surface area contributed by atoms with Crippen molar-refractivity contribution in [3.63, 3.8) is 0 Å². The largest absolute Gasteiger partial charge is 0.477 e. The maximum Gasteiger partial charge on any atom is 0.347 e. The lowest BCUT2D eigenvalue weighted by Gasteiger charge is -2.01. The molecule has 0 fully saturated rings. The third-order valence-corrected chi connectivity index (χ3v) is 4.01. The van der Waals surface area contributed by atoms with E-state index in [1.807, 2.05) is 13.8 Å². The number of carboxylic acid groups (broad SMARTS) is 1. The first kappa shape index (κ1) is 13.3. The fourth-order valence-electron chi connectivity index (χ4n) is 1.59. The lowest BCUT2D eigenvalue weighted by atomic mass is 10.1. The van der Waals surface area contributed by atoms with Gasteiger partial charge in [0.1, 0.15) is 4.88 Å². The fourth-order valence-corrected chi connectivity index (χ4v) is 3.04. The van der Waals surface area contributed by atoms with E-state index in [-0.39, 0.29) is 0 Å². The van der Waals surface area contributed by atoms with Gasteiger partial charge in [-0.3, -0.25) is 0 Å². The number of hydrogen-bond donors (Lipinski definition) is 1. The maximum absolute atomic E-state index is 11.2. The Balaban J connectivity index is 2.45. The van der Waals surface area contributed by atoms with Gasteiger partial charge in [-0.1, -0.05) is 13.8 Å². The summed E-state index contributed by atoms with van der Waals surface area (Å²) in [5, 5.41) is 9.78. The Labute approximate surface area is 117 Å². The predicted molar refractivity (Wildman–Crippen MR) is 73.0 cm³/mol. The molecule has 2 heterocycles. The molecule has 0 aliphatic rings. The van der Waals surface area contributed by atoms with Crippen molar-refractivity contribution in [3.05, 3.63) is 27.4 Å². The van der Waals surface area contributed by atoms with Gasteiger partial charge in [-0.15, -0.1) is 11.3 Å². The number of carboxylic acids is 1. The summed E-state index contributed by atoms with van der Waals surface area (Å²) in [5.74, 6) is 0.00711. The summed E-state index contributed by atoms with van der Waals surface area (Å²) in [7, 11) is 0. The minimum Gasteiger partial charge on any atom is -0.477 e. The molecule has 1 N–H and O–H groups in total. The van der Waals surface area contributed by atoms with Crippen molar-refractivity contribution >= 4 is 33.2 Å². The van der Waals surface area contributed by atoms with E-state index in [0.29, 0.717) is 33.7 Å². The molecule has 0 saturated carbocycles. The first-order chi connectivity index (χ1) is 8.49. The lowest BCUT2D eigenvalue weighted by Crippen LogP contribution is -2.02. The van der Waals surface area contributed by atoms with Gasteiger partial charge in [-0.05, 0) is 34.3 Å². The van der Waals surface area contributed by atoms with Gasteiger partial charge in [-0.25, -0.2) is 9.78 Å². The Morgan fingerprint density at radius 2 is 2.33 bits per heavy atom. The van der Waals surface area contributed by atoms with Crippen LogP contribution in [0.5, 0.6) is 0 Å². The van der Waals surface area contributed by atoms with Crippen LogP contribution in [0.1, 0.15) is 29.2 Å². The van der Waals surface area contributed by atoms with Gasteiger partial charge in [0, 0.05) is 0 Å². The Bertz CT molecular complexity index is 574. The zero-order chi connectivity index (χ0) is 13.3. The molecule has 0 bridgehead atoms. The molecule has 0 saturated heterocycles. The predicted octanol–water partition coefficient (Wildman–Crippen LogP) is 4.06. The molecular weight excluding hydrogens is 318 g/mol. The normalized spacial score (nSPS) is 11.1. The summed E-state index contributed by atoms with van der Waals surface area (Å²) >= 11 is 4.50. The standard InChI is InChI=1S/C12H12BrNO3S/c1-6(2)5-8-10(12(15)16)18-11(14-8)9-7(13)3-4-17-9/h3-4,6H,5H2,1-2H3,(H,15,16). The number of hydrogen-bond acceptors (Lipinski definition) is 4. The van der Waals surface area contributed by atoms with Gasteiger partial charge in [0.2, 0.25) is 0 Å². The molecule has 96 valence electrons. The van der Waals surface area contributed by atoms with Gasteiger partial charge in [0.15, 0.2) is 10.8 Å². The summed E-state index contributed by atoms with van der Waals surface area (Å²) in [6.07, 6.45) is 2.19. The first-order valence-electron chi connectivity index (χ1n) is 5.45. The quantitative estimate of drug-likeness (QED) is 0.918. The zero-order valence-corrected chi connectivity index (χ0v) is 12.3. The van der Waals surface area contributed by atoms with Crippen molar-refractivity contribution in [2.45, 2.75) is 20.3 Å². The smallest absolute Gasteiger partial charge is 0.347 e. The molecule has 2 aromatic rings. The van der Waals surface area contributed by atoms with Gasteiger partial charge < -0.3 is 9.52 Å². The number of thiazole rings is 1. The van der Waals surface area contributed by atoms with Gasteiger partial charge >= 0.3 is 5.97 Å². The van der Waals surface area contributed by atoms with Crippen LogP contribution >= 0.6 is 27.3 Å². The highest BCUT2D eigenvalue weighted by Crippen LogP contribution is 2.34. The molecule has 0 aliphatic carbocycles. The van der Waals surface area contributed by atoms with Gasteiger partial charge in [-0.2, -0.15) is 0 Å². The van der Waals surface area contributed by atoms with Crippen molar-refractivity contribution in [1.29, 1.82) is 0 Å². The fraction of sp³-hybridized carbons (Fsp3) is 0.333. The van der Waals surface area contributed by atoms with Crippen LogP contribution in [0.15, 0.2) is 21.2 Å². The van der Waals surface area contributed by atoms with Gasteiger partial charge in [0.05, 0.1) is 16.4 Å². The van der Waals surface area contributed by atoms with E-state index in [2.05, 4.69) is 20.9 Å². The minimum atomic E-state index is -0.933. The number of rotatable bonds is 4. The molecule has 2 aromatic heterocycles. The molecule has 6 heteroatoms. The van der Waals surface area contributed by atoms with Crippen LogP contribution in [0.2, 0.25) is 0 Å². The molecule has 18 heavy (non-hydrogen) atoms. The van der Waals surface area contributed by atoms with Crippen LogP contribution < -0.4 is 0 Å². The van der Waals surface area contributed by atoms with Crippen LogP contribution in [0.4, 0.5) is 0 Å². The molecule has 0 atom stereocenters. The van der Waals surface area contributed by atoms with Crippen LogP contribution in [0.3, 0.4) is 0 Å². The van der Waals surface area contributed by atoms with E-state index in [1.54, 1.807) is 12.3 Å². The number of carbonyl (C=O) groups is 1. The topological polar surface area (TPSA) is 63.3 Å². The Morgan fingerprint density at radius 3 is 2.83 bits per heavy atom. The van der Waals surface area contributed by atoms with E-state index in [0.717, 1.165) is 15.8 Å². The lowest BCUT2D eigenvalue weighted by molar-refractivity contribution is 0.0700. The number of furan rings is 1. The summed E-state index contributed by atoms with van der Waals surface area (Å²) in [6, 6.07) is 1.76. The Kier molecular flexibility index (Phi) is 3.87. The summed E-state index contributed by atoms with van der Waals surface area (Å²) in [5.41, 5.74) is 0.626. The summed E-state index contributed by atoms with van der Waals surface area (Å²) < 4.78 is 6.09. The van der Waals surface area contributed by atoms with Crippen LogP contribution in [-0.4, -0.2) is 16.1 Å². The molecule has 0 aliphatic heterocycles. The monoisotopic (exact) mass is 329 g/mol. The Hall–Kier alpha value is -1.14. The second-order valence-electron chi connectivity index (χ2n) is 4.30. The molecular formula is C12H12BrNO3S. The van der Waals surface area contributed by atoms with Crippen molar-refractivity contribution in [2.24, 2.45) is 5.92 Å². The van der Waals surface area contributed by atoms with E-state index in [1.165, 1.54) is 0 Å². The molecule has 0 radical (unpaired) electrons. The highest BCUT2D eigenvalue weighted by molar-refractivity contribution is 9.10. The summed E-state index contributed by atoms with van der Waals surface area (Å²) in [6.45, 7) is 4.07. The van der Waals surface area contributed by atoms with E-state index in [4.69, 9.17) is 4.42 Å². The van der Waals surface area contributed by atoms with E-state index >= 15 is 0 Å². The first-order valence-corrected chi connectivity index (χ1v) is 7.06. The second-order valence-corrected chi connectivity index (χ2v) is 6.15. The van der Waals surface area contributed by atoms with E-state index in [9.17, 15) is 9.90 Å². The van der Waals surface area contributed by atoms with Crippen molar-refractivity contribution < 1.29 is 14.3 Å². The van der Waals surface area contributed by atoms with Crippen molar-refractivity contribution in [1.82, 2.24) is 4.98 Å². The number of aromatic carboxylic acids is 1. The van der Waals surface area contributed by atoms with Crippen LogP contribution in [-0.2, 0) is 6.42 Å². The summed E-state index contributed by atoms with van der Waals surface area (Å²) in [4.78, 5) is 15.9. The van der Waals surface area contributed by atoms with Crippen LogP contribution in [0, 0.1) is 5.92 Å². The molecule has 2 rings (SSSR count). The van der Waals surface area contributed by atoms with Gasteiger partial charge in [0.25, 0.3) is 0 Å². The Morgan fingerprint density at radius 1 is 1.61 bits per heavy atom. The number of nitrogens with zero attached hydrogens (tertiary/aromatic N) is 1. The average molecular weight is 330 g/mol. The number of aromatic nitrogens is 1. The molecule has 0 unspecified atom stereocenters. The SMILES string of the molecule is CC(C)Cc1nc(-c2occc2Br)sc1C(=O)O. The average Bonchev–Trinajstić information content (AvgIpc) is 2.83. The van der Waals surface area contributed by atoms with E-state index < -0.39 is 5.97 Å². The highest BCUT2D eigenvalue weighted by atomic mass is 79.9. The van der Waals surface area contributed by atoms with Crippen molar-refractivity contribution in [3.8, 4) is 10.8 Å². The van der Waals surface area contributed by atoms with Crippen molar-refractivity contribution in [2.75, 3.05) is 0 Å². The highest BCUT2D eigenvalue weighted by Gasteiger charge is 2.21. The van der Waals surface area contributed by atoms with Crippen LogP contribution in [0.25, 0.3) is 10.8 Å². The third-order valence-electron chi connectivity index (χ3n) is 2.30. The number of halogens is 1. The molecule has 0 spiro atoms. The zero-order valence-electron chi connectivity index (χ0n) is 9.94. The second kappa shape index (κ2) is 5.24.